The van der Waals surface area contributed by atoms with Crippen molar-refractivity contribution in [3.63, 3.8) is 0 Å². The molecule has 1 aliphatic carbocycles. The predicted octanol–water partition coefficient (Wildman–Crippen LogP) is 5.32. The van der Waals surface area contributed by atoms with Crippen LogP contribution in [0.2, 0.25) is 0 Å². The summed E-state index contributed by atoms with van der Waals surface area (Å²) in [4.78, 5) is 0. The van der Waals surface area contributed by atoms with E-state index in [1.807, 2.05) is 0 Å². The first-order valence-electron chi connectivity index (χ1n) is 7.00. The van der Waals surface area contributed by atoms with Gasteiger partial charge in [-0.3, -0.25) is 0 Å². The summed E-state index contributed by atoms with van der Waals surface area (Å²) in [7, 11) is 0. The topological polar surface area (TPSA) is 0 Å². The van der Waals surface area contributed by atoms with Crippen molar-refractivity contribution >= 4 is 0 Å². The molecule has 1 atom stereocenters. The summed E-state index contributed by atoms with van der Waals surface area (Å²) in [5, 5.41) is 0. The van der Waals surface area contributed by atoms with Gasteiger partial charge < -0.3 is 0 Å². The lowest BCUT2D eigenvalue weighted by molar-refractivity contribution is 0.392. The molecule has 0 aliphatic heterocycles. The molecule has 2 rings (SSSR count). The van der Waals surface area contributed by atoms with Crippen molar-refractivity contribution in [1.82, 2.24) is 0 Å². The third-order valence-corrected chi connectivity index (χ3v) is 4.12. The summed E-state index contributed by atoms with van der Waals surface area (Å²) in [6.07, 6.45) is 8.15. The normalized spacial score (nSPS) is 18.9. The maximum atomic E-state index is 4.34. The highest BCUT2D eigenvalue weighted by atomic mass is 14.2. The molecular weight excluding hydrogens is 204 g/mol. The third-order valence-electron chi connectivity index (χ3n) is 4.12. The zero-order chi connectivity index (χ0) is 12.1. The van der Waals surface area contributed by atoms with Gasteiger partial charge in [0, 0.05) is 0 Å². The maximum absolute atomic E-state index is 4.34. The zero-order valence-electron chi connectivity index (χ0n) is 11.0. The second kappa shape index (κ2) is 6.05. The highest BCUT2D eigenvalue weighted by Gasteiger charge is 2.18. The molecule has 0 spiro atoms. The van der Waals surface area contributed by atoms with E-state index in [-0.39, 0.29) is 0 Å². The minimum Gasteiger partial charge on any atom is -0.0996 e. The fraction of sp³-hybridized carbons (Fsp3) is 0.529. The van der Waals surface area contributed by atoms with Crippen molar-refractivity contribution in [2.24, 2.45) is 5.92 Å². The van der Waals surface area contributed by atoms with Crippen LogP contribution in [0.25, 0.3) is 0 Å². The number of benzene rings is 1. The molecule has 92 valence electrons. The van der Waals surface area contributed by atoms with Gasteiger partial charge in [0.1, 0.15) is 0 Å². The first-order chi connectivity index (χ1) is 8.27. The third kappa shape index (κ3) is 3.46. The Morgan fingerprint density at radius 1 is 1.18 bits per heavy atom. The van der Waals surface area contributed by atoms with E-state index < -0.39 is 0 Å². The Kier molecular flexibility index (Phi) is 4.42. The van der Waals surface area contributed by atoms with E-state index in [4.69, 9.17) is 0 Å². The molecule has 0 nitrogen and oxygen atoms in total. The Bertz CT molecular complexity index is 344. The quantitative estimate of drug-likeness (QED) is 0.612. The van der Waals surface area contributed by atoms with Gasteiger partial charge in [-0.1, -0.05) is 68.7 Å². The summed E-state index contributed by atoms with van der Waals surface area (Å²) in [6, 6.07) is 10.8. The van der Waals surface area contributed by atoms with E-state index in [9.17, 15) is 0 Å². The number of allylic oxidation sites excluding steroid dienone is 1. The average Bonchev–Trinajstić information content (AvgIpc) is 2.40. The van der Waals surface area contributed by atoms with Crippen molar-refractivity contribution in [1.29, 1.82) is 0 Å². The van der Waals surface area contributed by atoms with E-state index in [2.05, 4.69) is 43.8 Å². The molecule has 17 heavy (non-hydrogen) atoms. The minimum absolute atomic E-state index is 0.616. The first kappa shape index (κ1) is 12.4. The summed E-state index contributed by atoms with van der Waals surface area (Å²) in [6.45, 7) is 6.67. The second-order valence-electron chi connectivity index (χ2n) is 5.51. The van der Waals surface area contributed by atoms with Gasteiger partial charge in [0.05, 0.1) is 0 Å². The number of rotatable bonds is 4. The molecule has 1 fully saturated rings. The molecule has 0 bridgehead atoms. The van der Waals surface area contributed by atoms with Crippen LogP contribution in [0.3, 0.4) is 0 Å². The van der Waals surface area contributed by atoms with E-state index in [1.165, 1.54) is 43.2 Å². The van der Waals surface area contributed by atoms with Crippen molar-refractivity contribution in [2.45, 2.75) is 51.4 Å². The van der Waals surface area contributed by atoms with Gasteiger partial charge in [0.2, 0.25) is 0 Å². The molecular formula is C17H24. The highest BCUT2D eigenvalue weighted by Crippen LogP contribution is 2.34. The Balaban J connectivity index is 1.89. The van der Waals surface area contributed by atoms with Gasteiger partial charge in [0.15, 0.2) is 0 Å². The average molecular weight is 228 g/mol. The van der Waals surface area contributed by atoms with E-state index in [1.54, 1.807) is 0 Å². The van der Waals surface area contributed by atoms with Crippen molar-refractivity contribution in [2.75, 3.05) is 0 Å². The predicted molar refractivity (Wildman–Crippen MR) is 75.2 cm³/mol. The fourth-order valence-electron chi connectivity index (χ4n) is 2.97. The zero-order valence-corrected chi connectivity index (χ0v) is 11.0. The monoisotopic (exact) mass is 228 g/mol. The molecule has 0 heterocycles. The first-order valence-corrected chi connectivity index (χ1v) is 7.00. The SMILES string of the molecule is C=C(CC(C)c1ccccc1)C1CCCCC1. The molecule has 0 radical (unpaired) electrons. The van der Waals surface area contributed by atoms with Gasteiger partial charge in [0.25, 0.3) is 0 Å². The standard InChI is InChI=1S/C17H24/c1-14(16-9-5-3-6-10-16)13-15(2)17-11-7-4-8-12-17/h4,7-8,11-12,15-16H,1,3,5-6,9-10,13H2,2H3. The smallest absolute Gasteiger partial charge is 0.0153 e. The van der Waals surface area contributed by atoms with Crippen molar-refractivity contribution in [3.05, 3.63) is 48.0 Å². The number of hydrogen-bond acceptors (Lipinski definition) is 0. The molecule has 0 heteroatoms. The summed E-state index contributed by atoms with van der Waals surface area (Å²) in [5.41, 5.74) is 2.94. The molecule has 1 aromatic carbocycles. The van der Waals surface area contributed by atoms with E-state index >= 15 is 0 Å². The fourth-order valence-corrected chi connectivity index (χ4v) is 2.97. The summed E-state index contributed by atoms with van der Waals surface area (Å²) >= 11 is 0. The van der Waals surface area contributed by atoms with Gasteiger partial charge in [-0.05, 0) is 36.7 Å². The molecule has 1 aliphatic rings. The van der Waals surface area contributed by atoms with Gasteiger partial charge >= 0.3 is 0 Å². The van der Waals surface area contributed by atoms with Gasteiger partial charge in [-0.25, -0.2) is 0 Å². The van der Waals surface area contributed by atoms with Crippen LogP contribution < -0.4 is 0 Å². The van der Waals surface area contributed by atoms with Gasteiger partial charge in [-0.15, -0.1) is 0 Å². The summed E-state index contributed by atoms with van der Waals surface area (Å²) in [5.74, 6) is 1.42. The second-order valence-corrected chi connectivity index (χ2v) is 5.51. The Morgan fingerprint density at radius 2 is 1.82 bits per heavy atom. The Labute approximate surface area is 106 Å². The summed E-state index contributed by atoms with van der Waals surface area (Å²) < 4.78 is 0. The van der Waals surface area contributed by atoms with Crippen LogP contribution in [0.4, 0.5) is 0 Å². The van der Waals surface area contributed by atoms with Crippen LogP contribution in [0.5, 0.6) is 0 Å². The van der Waals surface area contributed by atoms with Crippen LogP contribution in [0, 0.1) is 5.92 Å². The van der Waals surface area contributed by atoms with Crippen LogP contribution in [0.15, 0.2) is 42.5 Å². The van der Waals surface area contributed by atoms with Crippen LogP contribution >= 0.6 is 0 Å². The molecule has 0 amide bonds. The largest absolute Gasteiger partial charge is 0.0996 e. The van der Waals surface area contributed by atoms with Crippen molar-refractivity contribution < 1.29 is 0 Å². The Hall–Kier alpha value is -1.04. The highest BCUT2D eigenvalue weighted by molar-refractivity contribution is 5.21. The van der Waals surface area contributed by atoms with E-state index in [0.29, 0.717) is 5.92 Å². The maximum Gasteiger partial charge on any atom is -0.0153 e. The number of hydrogen-bond donors (Lipinski definition) is 0. The Morgan fingerprint density at radius 3 is 2.47 bits per heavy atom. The molecule has 0 saturated heterocycles. The molecule has 1 aromatic rings. The minimum atomic E-state index is 0.616. The van der Waals surface area contributed by atoms with E-state index in [0.717, 1.165) is 12.3 Å². The molecule has 0 N–H and O–H groups in total. The molecule has 0 aromatic heterocycles. The van der Waals surface area contributed by atoms with Crippen LogP contribution in [-0.2, 0) is 0 Å². The van der Waals surface area contributed by atoms with Crippen LogP contribution in [-0.4, -0.2) is 0 Å². The van der Waals surface area contributed by atoms with Crippen molar-refractivity contribution in [3.8, 4) is 0 Å². The lowest BCUT2D eigenvalue weighted by Crippen LogP contribution is -2.10. The van der Waals surface area contributed by atoms with Gasteiger partial charge in [-0.2, -0.15) is 0 Å². The molecule has 1 unspecified atom stereocenters. The van der Waals surface area contributed by atoms with Crippen LogP contribution in [0.1, 0.15) is 56.9 Å². The lowest BCUT2D eigenvalue weighted by Gasteiger charge is -2.25. The lowest BCUT2D eigenvalue weighted by atomic mass is 9.80. The molecule has 1 saturated carbocycles.